The zero-order valence-electron chi connectivity index (χ0n) is 11.9. The van der Waals surface area contributed by atoms with E-state index in [0.717, 1.165) is 27.2 Å². The summed E-state index contributed by atoms with van der Waals surface area (Å²) < 4.78 is 11.6. The molecule has 106 valence electrons. The van der Waals surface area contributed by atoms with Crippen molar-refractivity contribution < 1.29 is 9.47 Å². The van der Waals surface area contributed by atoms with E-state index < -0.39 is 0 Å². The molecule has 0 spiro atoms. The Kier molecular flexibility index (Phi) is 4.90. The summed E-state index contributed by atoms with van der Waals surface area (Å²) in [5.74, 6) is 1.59. The van der Waals surface area contributed by atoms with Crippen molar-refractivity contribution in [3.8, 4) is 11.5 Å². The van der Waals surface area contributed by atoms with Crippen LogP contribution in [0.4, 0.5) is 5.69 Å². The number of anilines is 1. The molecule has 2 aromatic rings. The van der Waals surface area contributed by atoms with E-state index in [4.69, 9.17) is 9.47 Å². The van der Waals surface area contributed by atoms with Crippen LogP contribution in [0.1, 0.15) is 11.1 Å². The van der Waals surface area contributed by atoms with Gasteiger partial charge >= 0.3 is 0 Å². The van der Waals surface area contributed by atoms with Crippen molar-refractivity contribution in [3.05, 3.63) is 52.0 Å². The highest BCUT2D eigenvalue weighted by atomic mass is 79.9. The topological polar surface area (TPSA) is 30.5 Å². The van der Waals surface area contributed by atoms with Gasteiger partial charge in [-0.15, -0.1) is 0 Å². The Bertz CT molecular complexity index is 577. The number of ether oxygens (including phenoxy) is 2. The van der Waals surface area contributed by atoms with Gasteiger partial charge in [0.1, 0.15) is 11.5 Å². The van der Waals surface area contributed by atoms with E-state index in [1.807, 2.05) is 24.3 Å². The van der Waals surface area contributed by atoms with Gasteiger partial charge in [-0.05, 0) is 52.2 Å². The maximum absolute atomic E-state index is 5.28. The summed E-state index contributed by atoms with van der Waals surface area (Å²) in [7, 11) is 3.31. The van der Waals surface area contributed by atoms with E-state index in [1.165, 1.54) is 5.56 Å². The van der Waals surface area contributed by atoms with Gasteiger partial charge in [0, 0.05) is 22.8 Å². The van der Waals surface area contributed by atoms with Crippen molar-refractivity contribution in [2.75, 3.05) is 19.5 Å². The number of nitrogens with one attached hydrogen (secondary N) is 1. The Labute approximate surface area is 128 Å². The number of methoxy groups -OCH3 is 2. The molecule has 4 heteroatoms. The maximum Gasteiger partial charge on any atom is 0.122 e. The second-order valence-electron chi connectivity index (χ2n) is 4.51. The second-order valence-corrected chi connectivity index (χ2v) is 5.30. The Hall–Kier alpha value is -1.68. The first-order valence-electron chi connectivity index (χ1n) is 6.35. The van der Waals surface area contributed by atoms with Crippen LogP contribution >= 0.6 is 15.9 Å². The number of benzene rings is 2. The first-order valence-corrected chi connectivity index (χ1v) is 7.14. The highest BCUT2D eigenvalue weighted by molar-refractivity contribution is 9.10. The minimum Gasteiger partial charge on any atom is -0.497 e. The summed E-state index contributed by atoms with van der Waals surface area (Å²) in [6.07, 6.45) is 0. The van der Waals surface area contributed by atoms with Crippen molar-refractivity contribution in [3.63, 3.8) is 0 Å². The van der Waals surface area contributed by atoms with Crippen LogP contribution < -0.4 is 14.8 Å². The number of rotatable bonds is 5. The standard InChI is InChI=1S/C16H18BrNO2/c1-11-5-4-6-15(16(11)17)18-10-12-7-13(19-2)9-14(8-12)20-3/h4-9,18H,10H2,1-3H3. The van der Waals surface area contributed by atoms with Crippen LogP contribution in [0, 0.1) is 6.92 Å². The molecular weight excluding hydrogens is 318 g/mol. The molecule has 1 N–H and O–H groups in total. The highest BCUT2D eigenvalue weighted by Gasteiger charge is 2.04. The lowest BCUT2D eigenvalue weighted by Gasteiger charge is -2.12. The third-order valence-electron chi connectivity index (χ3n) is 3.09. The molecule has 0 radical (unpaired) electrons. The van der Waals surface area contributed by atoms with E-state index in [0.29, 0.717) is 6.54 Å². The molecule has 0 saturated heterocycles. The minimum atomic E-state index is 0.704. The monoisotopic (exact) mass is 335 g/mol. The molecule has 0 atom stereocenters. The molecule has 2 aromatic carbocycles. The van der Waals surface area contributed by atoms with Crippen LogP contribution in [0.2, 0.25) is 0 Å². The number of aryl methyl sites for hydroxylation is 1. The molecule has 2 rings (SSSR count). The van der Waals surface area contributed by atoms with Gasteiger partial charge in [-0.1, -0.05) is 12.1 Å². The van der Waals surface area contributed by atoms with E-state index in [-0.39, 0.29) is 0 Å². The predicted molar refractivity (Wildman–Crippen MR) is 85.8 cm³/mol. The predicted octanol–water partition coefficient (Wildman–Crippen LogP) is 4.39. The molecule has 0 saturated carbocycles. The fourth-order valence-electron chi connectivity index (χ4n) is 1.95. The lowest BCUT2D eigenvalue weighted by Crippen LogP contribution is -2.01. The van der Waals surface area contributed by atoms with Crippen molar-refractivity contribution >= 4 is 21.6 Å². The molecule has 0 fully saturated rings. The molecule has 3 nitrogen and oxygen atoms in total. The smallest absolute Gasteiger partial charge is 0.122 e. The molecule has 0 unspecified atom stereocenters. The van der Waals surface area contributed by atoms with Gasteiger partial charge in [-0.3, -0.25) is 0 Å². The van der Waals surface area contributed by atoms with Crippen LogP contribution in [-0.2, 0) is 6.54 Å². The third-order valence-corrected chi connectivity index (χ3v) is 4.14. The molecule has 0 aliphatic rings. The summed E-state index contributed by atoms with van der Waals surface area (Å²) in [6, 6.07) is 12.0. The van der Waals surface area contributed by atoms with E-state index >= 15 is 0 Å². The maximum atomic E-state index is 5.28. The summed E-state index contributed by atoms with van der Waals surface area (Å²) in [5.41, 5.74) is 3.39. The quantitative estimate of drug-likeness (QED) is 0.879. The first kappa shape index (κ1) is 14.7. The van der Waals surface area contributed by atoms with Crippen molar-refractivity contribution in [1.29, 1.82) is 0 Å². The number of halogens is 1. The van der Waals surface area contributed by atoms with Crippen molar-refractivity contribution in [1.82, 2.24) is 0 Å². The molecule has 0 amide bonds. The van der Waals surface area contributed by atoms with Gasteiger partial charge < -0.3 is 14.8 Å². The van der Waals surface area contributed by atoms with Crippen LogP contribution in [0.15, 0.2) is 40.9 Å². The lowest BCUT2D eigenvalue weighted by atomic mass is 10.2. The third kappa shape index (κ3) is 3.45. The first-order chi connectivity index (χ1) is 9.63. The zero-order valence-corrected chi connectivity index (χ0v) is 13.5. The summed E-state index contributed by atoms with van der Waals surface area (Å²) in [5, 5.41) is 3.41. The normalized spacial score (nSPS) is 10.2. The van der Waals surface area contributed by atoms with Crippen LogP contribution in [0.3, 0.4) is 0 Å². The minimum absolute atomic E-state index is 0.704. The molecule has 0 aromatic heterocycles. The van der Waals surface area contributed by atoms with Crippen molar-refractivity contribution in [2.24, 2.45) is 0 Å². The Morgan fingerprint density at radius 1 is 1.05 bits per heavy atom. The van der Waals surface area contributed by atoms with Crippen molar-refractivity contribution in [2.45, 2.75) is 13.5 Å². The van der Waals surface area contributed by atoms with Gasteiger partial charge in [0.05, 0.1) is 14.2 Å². The SMILES string of the molecule is COc1cc(CNc2cccc(C)c2Br)cc(OC)c1. The van der Waals surface area contributed by atoms with Crippen LogP contribution in [0.25, 0.3) is 0 Å². The van der Waals surface area contributed by atoms with Gasteiger partial charge in [-0.2, -0.15) is 0 Å². The fourth-order valence-corrected chi connectivity index (χ4v) is 2.35. The van der Waals surface area contributed by atoms with Crippen LogP contribution in [0.5, 0.6) is 11.5 Å². The van der Waals surface area contributed by atoms with Gasteiger partial charge in [0.25, 0.3) is 0 Å². The average Bonchev–Trinajstić information content (AvgIpc) is 2.48. The van der Waals surface area contributed by atoms with Gasteiger partial charge in [-0.25, -0.2) is 0 Å². The second kappa shape index (κ2) is 6.66. The largest absolute Gasteiger partial charge is 0.497 e. The highest BCUT2D eigenvalue weighted by Crippen LogP contribution is 2.27. The van der Waals surface area contributed by atoms with Gasteiger partial charge in [0.2, 0.25) is 0 Å². The lowest BCUT2D eigenvalue weighted by molar-refractivity contribution is 0.393. The Morgan fingerprint density at radius 2 is 1.70 bits per heavy atom. The summed E-state index contributed by atoms with van der Waals surface area (Å²) >= 11 is 3.60. The van der Waals surface area contributed by atoms with Gasteiger partial charge in [0.15, 0.2) is 0 Å². The molecule has 0 aliphatic carbocycles. The molecule has 0 bridgehead atoms. The average molecular weight is 336 g/mol. The van der Waals surface area contributed by atoms with E-state index in [9.17, 15) is 0 Å². The number of hydrogen-bond donors (Lipinski definition) is 1. The molecule has 20 heavy (non-hydrogen) atoms. The van der Waals surface area contributed by atoms with E-state index in [1.54, 1.807) is 14.2 Å². The molecular formula is C16H18BrNO2. The Balaban J connectivity index is 2.16. The molecule has 0 heterocycles. The number of hydrogen-bond acceptors (Lipinski definition) is 3. The zero-order chi connectivity index (χ0) is 14.5. The van der Waals surface area contributed by atoms with E-state index in [2.05, 4.69) is 40.3 Å². The Morgan fingerprint density at radius 3 is 2.30 bits per heavy atom. The summed E-state index contributed by atoms with van der Waals surface area (Å²) in [4.78, 5) is 0. The summed E-state index contributed by atoms with van der Waals surface area (Å²) in [6.45, 7) is 2.78. The molecule has 0 aliphatic heterocycles. The fraction of sp³-hybridized carbons (Fsp3) is 0.250. The van der Waals surface area contributed by atoms with Crippen LogP contribution in [-0.4, -0.2) is 14.2 Å².